The molecule has 0 aromatic carbocycles. The highest BCUT2D eigenvalue weighted by atomic mass is 35.5. The van der Waals surface area contributed by atoms with Crippen LogP contribution >= 0.6 is 11.6 Å². The zero-order valence-corrected chi connectivity index (χ0v) is 16.4. The maximum absolute atomic E-state index is 12.8. The molecule has 0 spiro atoms. The van der Waals surface area contributed by atoms with Crippen molar-refractivity contribution in [3.8, 4) is 0 Å². The van der Waals surface area contributed by atoms with Crippen molar-refractivity contribution in [2.45, 2.75) is 51.7 Å². The van der Waals surface area contributed by atoms with Crippen molar-refractivity contribution >= 4 is 29.4 Å². The molecule has 1 aromatic heterocycles. The number of ether oxygens (including phenoxy) is 1. The predicted molar refractivity (Wildman–Crippen MR) is 99.3 cm³/mol. The number of alkyl halides is 1. The van der Waals surface area contributed by atoms with Gasteiger partial charge in [0, 0.05) is 12.7 Å². The molecule has 1 atom stereocenters. The van der Waals surface area contributed by atoms with Crippen LogP contribution in [0.3, 0.4) is 0 Å². The maximum Gasteiger partial charge on any atom is 0.407 e. The number of nitrogens with zero attached hydrogens (tertiary/aromatic N) is 1. The summed E-state index contributed by atoms with van der Waals surface area (Å²) in [5.74, 6) is -1.78. The third kappa shape index (κ3) is 9.33. The molecular weight excluding hydrogens is 377 g/mol. The van der Waals surface area contributed by atoms with Gasteiger partial charge in [-0.05, 0) is 52.2 Å². The summed E-state index contributed by atoms with van der Waals surface area (Å²) in [5, 5.41) is 5.21. The molecule has 27 heavy (non-hydrogen) atoms. The van der Waals surface area contributed by atoms with Crippen molar-refractivity contribution in [3.05, 3.63) is 29.8 Å². The second kappa shape index (κ2) is 10.8. The average Bonchev–Trinajstić information content (AvgIpc) is 2.58. The molecule has 0 aliphatic carbocycles. The molecule has 0 aliphatic rings. The van der Waals surface area contributed by atoms with Crippen molar-refractivity contribution in [2.24, 2.45) is 0 Å². The fourth-order valence-corrected chi connectivity index (χ4v) is 2.32. The second-order valence-electron chi connectivity index (χ2n) is 6.92. The van der Waals surface area contributed by atoms with E-state index in [1.54, 1.807) is 20.8 Å². The third-order valence-corrected chi connectivity index (χ3v) is 3.67. The van der Waals surface area contributed by atoms with E-state index in [9.17, 15) is 18.8 Å². The summed E-state index contributed by atoms with van der Waals surface area (Å²) in [7, 11) is 0. The van der Waals surface area contributed by atoms with E-state index in [-0.39, 0.29) is 17.2 Å². The lowest BCUT2D eigenvalue weighted by Crippen LogP contribution is -2.41. The number of carbonyl (C=O) groups is 3. The summed E-state index contributed by atoms with van der Waals surface area (Å²) in [4.78, 5) is 39.1. The lowest BCUT2D eigenvalue weighted by molar-refractivity contribution is -0.118. The van der Waals surface area contributed by atoms with Gasteiger partial charge in [-0.3, -0.25) is 9.59 Å². The smallest absolute Gasteiger partial charge is 0.407 e. The van der Waals surface area contributed by atoms with Crippen LogP contribution in [0.2, 0.25) is 0 Å². The summed E-state index contributed by atoms with van der Waals surface area (Å²) in [6, 6.07) is 1.59. The van der Waals surface area contributed by atoms with Crippen LogP contribution in [0, 0.1) is 5.95 Å². The minimum absolute atomic E-state index is 0.148. The first-order valence-electron chi connectivity index (χ1n) is 8.60. The van der Waals surface area contributed by atoms with Gasteiger partial charge in [-0.15, -0.1) is 11.6 Å². The Morgan fingerprint density at radius 2 is 1.96 bits per heavy atom. The number of ketones is 1. The Balaban J connectivity index is 2.44. The summed E-state index contributed by atoms with van der Waals surface area (Å²) < 4.78 is 17.9. The number of alkyl carbamates (subject to hydrolysis) is 1. The van der Waals surface area contributed by atoms with Gasteiger partial charge in [-0.2, -0.15) is 4.39 Å². The van der Waals surface area contributed by atoms with E-state index in [0.717, 1.165) is 12.3 Å². The Bertz CT molecular complexity index is 647. The molecule has 0 aliphatic heterocycles. The molecule has 1 aromatic rings. The van der Waals surface area contributed by atoms with Gasteiger partial charge in [0.1, 0.15) is 5.60 Å². The monoisotopic (exact) mass is 401 g/mol. The Morgan fingerprint density at radius 3 is 2.52 bits per heavy atom. The van der Waals surface area contributed by atoms with Crippen LogP contribution in [0.1, 0.15) is 50.4 Å². The SMILES string of the molecule is CC(C)(C)OC(=O)NCCCCC(NC(=O)c1ccc(F)nc1)C(=O)CCl. The maximum atomic E-state index is 12.8. The first-order chi connectivity index (χ1) is 12.6. The van der Waals surface area contributed by atoms with Gasteiger partial charge in [0.2, 0.25) is 5.95 Å². The number of nitrogens with one attached hydrogen (secondary N) is 2. The minimum atomic E-state index is -0.762. The van der Waals surface area contributed by atoms with Gasteiger partial charge >= 0.3 is 6.09 Å². The van der Waals surface area contributed by atoms with Crippen LogP contribution in [-0.4, -0.2) is 46.8 Å². The number of amides is 2. The number of hydrogen-bond acceptors (Lipinski definition) is 5. The van der Waals surface area contributed by atoms with Crippen molar-refractivity contribution in [1.29, 1.82) is 0 Å². The Labute approximate surface area is 163 Å². The van der Waals surface area contributed by atoms with Gasteiger partial charge < -0.3 is 15.4 Å². The predicted octanol–water partition coefficient (Wildman–Crippen LogP) is 2.82. The highest BCUT2D eigenvalue weighted by Crippen LogP contribution is 2.08. The van der Waals surface area contributed by atoms with Crippen LogP contribution in [0.5, 0.6) is 0 Å². The lowest BCUT2D eigenvalue weighted by Gasteiger charge is -2.20. The van der Waals surface area contributed by atoms with Crippen LogP contribution in [0.4, 0.5) is 9.18 Å². The van der Waals surface area contributed by atoms with Crippen LogP contribution in [0.15, 0.2) is 18.3 Å². The van der Waals surface area contributed by atoms with E-state index >= 15 is 0 Å². The Morgan fingerprint density at radius 1 is 1.26 bits per heavy atom. The molecular formula is C18H25ClFN3O4. The fraction of sp³-hybridized carbons (Fsp3) is 0.556. The third-order valence-electron chi connectivity index (χ3n) is 3.40. The van der Waals surface area contributed by atoms with E-state index in [0.29, 0.717) is 25.8 Å². The number of pyridine rings is 1. The molecule has 1 rings (SSSR count). The van der Waals surface area contributed by atoms with Gasteiger partial charge in [0.15, 0.2) is 5.78 Å². The number of unbranched alkanes of at least 4 members (excludes halogenated alkanes) is 1. The van der Waals surface area contributed by atoms with E-state index in [4.69, 9.17) is 16.3 Å². The zero-order chi connectivity index (χ0) is 20.4. The van der Waals surface area contributed by atoms with Crippen LogP contribution in [0.25, 0.3) is 0 Å². The quantitative estimate of drug-likeness (QED) is 0.376. The van der Waals surface area contributed by atoms with Gasteiger partial charge in [-0.25, -0.2) is 9.78 Å². The van der Waals surface area contributed by atoms with E-state index in [1.807, 2.05) is 0 Å². The highest BCUT2D eigenvalue weighted by molar-refractivity contribution is 6.28. The first kappa shape index (κ1) is 22.8. The Kier molecular flexibility index (Phi) is 9.14. The van der Waals surface area contributed by atoms with Crippen LogP contribution < -0.4 is 10.6 Å². The molecule has 7 nitrogen and oxygen atoms in total. The normalized spacial score (nSPS) is 12.2. The fourth-order valence-electron chi connectivity index (χ4n) is 2.14. The van der Waals surface area contributed by atoms with Crippen LogP contribution in [-0.2, 0) is 9.53 Å². The van der Waals surface area contributed by atoms with E-state index in [2.05, 4.69) is 15.6 Å². The first-order valence-corrected chi connectivity index (χ1v) is 9.14. The molecule has 2 N–H and O–H groups in total. The molecule has 1 heterocycles. The average molecular weight is 402 g/mol. The molecule has 9 heteroatoms. The molecule has 0 bridgehead atoms. The van der Waals surface area contributed by atoms with Crippen molar-refractivity contribution in [2.75, 3.05) is 12.4 Å². The second-order valence-corrected chi connectivity index (χ2v) is 7.19. The van der Waals surface area contributed by atoms with E-state index < -0.39 is 29.6 Å². The molecule has 0 saturated carbocycles. The number of Topliss-reactive ketones (excluding diaryl/α,β-unsaturated/α-hetero) is 1. The number of hydrogen-bond donors (Lipinski definition) is 2. The summed E-state index contributed by atoms with van der Waals surface area (Å²) in [6.07, 6.45) is 2.12. The molecule has 0 radical (unpaired) electrons. The number of rotatable bonds is 9. The zero-order valence-electron chi connectivity index (χ0n) is 15.7. The largest absolute Gasteiger partial charge is 0.444 e. The van der Waals surface area contributed by atoms with Crippen molar-refractivity contribution in [3.63, 3.8) is 0 Å². The molecule has 0 fully saturated rings. The van der Waals surface area contributed by atoms with Crippen molar-refractivity contribution in [1.82, 2.24) is 15.6 Å². The topological polar surface area (TPSA) is 97.4 Å². The lowest BCUT2D eigenvalue weighted by atomic mass is 10.1. The number of halogens is 2. The summed E-state index contributed by atoms with van der Waals surface area (Å²) >= 11 is 5.60. The molecule has 2 amide bonds. The standard InChI is InChI=1S/C18H25ClFN3O4/c1-18(2,3)27-17(26)21-9-5-4-6-13(14(24)10-19)23-16(25)12-7-8-15(20)22-11-12/h7-8,11,13H,4-6,9-10H2,1-3H3,(H,21,26)(H,23,25). The summed E-state index contributed by atoms with van der Waals surface area (Å²) in [6.45, 7) is 5.70. The summed E-state index contributed by atoms with van der Waals surface area (Å²) in [5.41, 5.74) is -0.420. The molecule has 1 unspecified atom stereocenters. The number of carbonyl (C=O) groups excluding carboxylic acids is 3. The van der Waals surface area contributed by atoms with Gasteiger partial charge in [0.25, 0.3) is 5.91 Å². The number of aromatic nitrogens is 1. The Hall–Kier alpha value is -2.22. The minimum Gasteiger partial charge on any atom is -0.444 e. The van der Waals surface area contributed by atoms with Crippen molar-refractivity contribution < 1.29 is 23.5 Å². The van der Waals surface area contributed by atoms with Gasteiger partial charge in [0.05, 0.1) is 17.5 Å². The molecule has 0 saturated heterocycles. The molecule has 150 valence electrons. The van der Waals surface area contributed by atoms with E-state index in [1.165, 1.54) is 6.07 Å². The highest BCUT2D eigenvalue weighted by Gasteiger charge is 2.21. The van der Waals surface area contributed by atoms with Gasteiger partial charge in [-0.1, -0.05) is 0 Å².